The molecule has 0 unspecified atom stereocenters. The van der Waals surface area contributed by atoms with Gasteiger partial charge in [0.05, 0.1) is 11.2 Å². The third-order valence-electron chi connectivity index (χ3n) is 3.24. The monoisotopic (exact) mass is 267 g/mol. The Morgan fingerprint density at radius 3 is 2.37 bits per heavy atom. The summed E-state index contributed by atoms with van der Waals surface area (Å²) in [5, 5.41) is 14.3. The number of hydrogen-bond donors (Lipinski definition) is 2. The summed E-state index contributed by atoms with van der Waals surface area (Å²) in [6.07, 6.45) is 2.38. The quantitative estimate of drug-likeness (QED) is 0.460. The minimum Gasteiger partial charge on any atom is -0.366 e. The van der Waals surface area contributed by atoms with Crippen LogP contribution in [0.5, 0.6) is 0 Å². The van der Waals surface area contributed by atoms with Crippen LogP contribution in [0, 0.1) is 0 Å². The lowest BCUT2D eigenvalue weighted by Gasteiger charge is -2.32. The van der Waals surface area contributed by atoms with E-state index in [9.17, 15) is 14.8 Å². The number of ketones is 1. The number of Topliss-reactive ketones (excluding diaryl/α,β-unsaturated/α-hetero) is 1. The van der Waals surface area contributed by atoms with Gasteiger partial charge in [0.15, 0.2) is 5.78 Å². The molecule has 1 aliphatic heterocycles. The maximum absolute atomic E-state index is 12.1. The molecule has 0 radical (unpaired) electrons. The highest BCUT2D eigenvalue weighted by atomic mass is 16.5. The van der Waals surface area contributed by atoms with Crippen molar-refractivity contribution in [1.29, 1.82) is 0 Å². The van der Waals surface area contributed by atoms with Gasteiger partial charge in [0.25, 0.3) is 0 Å². The van der Waals surface area contributed by atoms with Gasteiger partial charge in [-0.2, -0.15) is 10.1 Å². The molecule has 1 saturated heterocycles. The highest BCUT2D eigenvalue weighted by Gasteiger charge is 2.49. The van der Waals surface area contributed by atoms with Gasteiger partial charge in [-0.25, -0.2) is 4.79 Å². The van der Waals surface area contributed by atoms with Crippen molar-refractivity contribution in [3.63, 3.8) is 0 Å². The molecule has 6 nitrogen and oxygen atoms in total. The lowest BCUT2D eigenvalue weighted by molar-refractivity contribution is -0.191. The summed E-state index contributed by atoms with van der Waals surface area (Å²) >= 11 is 0. The van der Waals surface area contributed by atoms with E-state index in [1.165, 1.54) is 6.08 Å². The molecular formula is C13H21N3O3. The van der Waals surface area contributed by atoms with Crippen molar-refractivity contribution in [3.05, 3.63) is 11.4 Å². The first-order valence-electron chi connectivity index (χ1n) is 6.31. The average Bonchev–Trinajstić information content (AvgIpc) is 2.47. The van der Waals surface area contributed by atoms with Crippen molar-refractivity contribution in [1.82, 2.24) is 10.4 Å². The Hall–Kier alpha value is -1.49. The number of carbonyl (C=O) groups is 1. The maximum Gasteiger partial charge on any atom is 0.240 e. The molecule has 0 aromatic rings. The molecule has 6 heteroatoms. The highest BCUT2D eigenvalue weighted by molar-refractivity contribution is 5.96. The Labute approximate surface area is 113 Å². The second-order valence-corrected chi connectivity index (χ2v) is 5.65. The Morgan fingerprint density at radius 1 is 1.42 bits per heavy atom. The second-order valence-electron chi connectivity index (χ2n) is 5.65. The molecule has 0 amide bonds. The SMILES string of the molecule is CCCC(=O)/C(N=C=O)=C1\NC(C)(C)N(O)C1(C)C. The first kappa shape index (κ1) is 15.6. The molecule has 0 aromatic heterocycles. The van der Waals surface area contributed by atoms with Gasteiger partial charge in [0.2, 0.25) is 6.08 Å². The molecule has 2 N–H and O–H groups in total. The lowest BCUT2D eigenvalue weighted by atomic mass is 9.98. The fourth-order valence-electron chi connectivity index (χ4n) is 2.31. The van der Waals surface area contributed by atoms with Crippen LogP contribution in [0.2, 0.25) is 0 Å². The largest absolute Gasteiger partial charge is 0.366 e. The summed E-state index contributed by atoms with van der Waals surface area (Å²) in [6.45, 7) is 8.93. The normalized spacial score (nSPS) is 23.5. The van der Waals surface area contributed by atoms with E-state index in [2.05, 4.69) is 10.3 Å². The zero-order valence-corrected chi connectivity index (χ0v) is 12.1. The number of hydroxylamine groups is 2. The van der Waals surface area contributed by atoms with Crippen LogP contribution in [-0.4, -0.2) is 33.3 Å². The molecule has 0 bridgehead atoms. The molecule has 0 saturated carbocycles. The molecule has 0 aromatic carbocycles. The fraction of sp³-hybridized carbons (Fsp3) is 0.692. The van der Waals surface area contributed by atoms with Crippen molar-refractivity contribution in [3.8, 4) is 0 Å². The molecule has 106 valence electrons. The van der Waals surface area contributed by atoms with Crippen LogP contribution >= 0.6 is 0 Å². The number of carbonyl (C=O) groups excluding carboxylic acids is 2. The predicted molar refractivity (Wildman–Crippen MR) is 70.0 cm³/mol. The third kappa shape index (κ3) is 2.76. The summed E-state index contributed by atoms with van der Waals surface area (Å²) in [5.74, 6) is -0.229. The van der Waals surface area contributed by atoms with Crippen molar-refractivity contribution in [2.45, 2.75) is 58.7 Å². The maximum atomic E-state index is 12.1. The van der Waals surface area contributed by atoms with E-state index in [0.29, 0.717) is 18.5 Å². The topological polar surface area (TPSA) is 82.0 Å². The van der Waals surface area contributed by atoms with Crippen LogP contribution in [-0.2, 0) is 9.59 Å². The minimum atomic E-state index is -0.831. The summed E-state index contributed by atoms with van der Waals surface area (Å²) in [5.41, 5.74) is -1.08. The number of nitrogens with one attached hydrogen (secondary N) is 1. The number of hydrogen-bond acceptors (Lipinski definition) is 6. The number of aliphatic imine (C=N–C) groups is 1. The van der Waals surface area contributed by atoms with E-state index in [4.69, 9.17) is 0 Å². The molecule has 1 aliphatic rings. The first-order valence-corrected chi connectivity index (χ1v) is 6.31. The van der Waals surface area contributed by atoms with Crippen molar-refractivity contribution in [2.75, 3.05) is 0 Å². The van der Waals surface area contributed by atoms with Gasteiger partial charge in [-0.05, 0) is 34.1 Å². The minimum absolute atomic E-state index is 0.0477. The molecular weight excluding hydrogens is 246 g/mol. The summed E-state index contributed by atoms with van der Waals surface area (Å²) < 4.78 is 0. The summed E-state index contributed by atoms with van der Waals surface area (Å²) in [4.78, 5) is 26.2. The van der Waals surface area contributed by atoms with E-state index in [1.807, 2.05) is 6.92 Å². The average molecular weight is 267 g/mol. The molecule has 19 heavy (non-hydrogen) atoms. The van der Waals surface area contributed by atoms with Gasteiger partial charge in [0, 0.05) is 6.42 Å². The van der Waals surface area contributed by atoms with Crippen LogP contribution < -0.4 is 5.32 Å². The number of nitrogens with zero attached hydrogens (tertiary/aromatic N) is 2. The molecule has 0 aliphatic carbocycles. The van der Waals surface area contributed by atoms with Crippen molar-refractivity contribution < 1.29 is 14.8 Å². The number of allylic oxidation sites excluding steroid dienone is 1. The Balaban J connectivity index is 3.38. The highest BCUT2D eigenvalue weighted by Crippen LogP contribution is 2.37. The zero-order valence-electron chi connectivity index (χ0n) is 12.1. The van der Waals surface area contributed by atoms with Crippen LogP contribution in [0.25, 0.3) is 0 Å². The number of rotatable bonds is 4. The van der Waals surface area contributed by atoms with Crippen molar-refractivity contribution in [2.24, 2.45) is 4.99 Å². The predicted octanol–water partition coefficient (Wildman–Crippen LogP) is 1.71. The Kier molecular flexibility index (Phi) is 4.30. The van der Waals surface area contributed by atoms with Gasteiger partial charge in [-0.3, -0.25) is 4.79 Å². The van der Waals surface area contributed by atoms with Crippen molar-refractivity contribution >= 4 is 11.9 Å². The van der Waals surface area contributed by atoms with Gasteiger partial charge >= 0.3 is 0 Å². The molecule has 0 spiro atoms. The molecule has 1 rings (SSSR count). The van der Waals surface area contributed by atoms with Crippen LogP contribution in [0.4, 0.5) is 0 Å². The molecule has 1 heterocycles. The van der Waals surface area contributed by atoms with Crippen LogP contribution in [0.3, 0.4) is 0 Å². The van der Waals surface area contributed by atoms with Crippen LogP contribution in [0.1, 0.15) is 47.5 Å². The van der Waals surface area contributed by atoms with Crippen LogP contribution in [0.15, 0.2) is 16.4 Å². The molecule has 1 fully saturated rings. The lowest BCUT2D eigenvalue weighted by Crippen LogP contribution is -2.48. The second kappa shape index (κ2) is 5.25. The Morgan fingerprint density at radius 2 is 2.00 bits per heavy atom. The third-order valence-corrected chi connectivity index (χ3v) is 3.24. The van der Waals surface area contributed by atoms with E-state index < -0.39 is 11.2 Å². The number of isocyanates is 1. The van der Waals surface area contributed by atoms with E-state index >= 15 is 0 Å². The summed E-state index contributed by atoms with van der Waals surface area (Å²) in [7, 11) is 0. The molecule has 0 atom stereocenters. The summed E-state index contributed by atoms with van der Waals surface area (Å²) in [6, 6.07) is 0. The van der Waals surface area contributed by atoms with E-state index in [1.54, 1.807) is 27.7 Å². The van der Waals surface area contributed by atoms with E-state index in [0.717, 1.165) is 5.06 Å². The smallest absolute Gasteiger partial charge is 0.240 e. The van der Waals surface area contributed by atoms with Gasteiger partial charge in [-0.15, -0.1) is 0 Å². The standard InChI is InChI=1S/C13H21N3O3/c1-6-7-9(18)10(14-8-17)11-12(2,3)16(19)13(4,5)15-11/h15,19H,6-7H2,1-5H3/b11-10+. The zero-order chi connectivity index (χ0) is 14.8. The van der Waals surface area contributed by atoms with Gasteiger partial charge in [-0.1, -0.05) is 6.92 Å². The van der Waals surface area contributed by atoms with Gasteiger partial charge in [0.1, 0.15) is 11.4 Å². The fourth-order valence-corrected chi connectivity index (χ4v) is 2.31. The van der Waals surface area contributed by atoms with E-state index in [-0.39, 0.29) is 11.5 Å². The Bertz CT molecular complexity index is 460. The first-order chi connectivity index (χ1) is 8.68. The van der Waals surface area contributed by atoms with Gasteiger partial charge < -0.3 is 10.5 Å².